The van der Waals surface area contributed by atoms with Gasteiger partial charge in [-0.2, -0.15) is 11.3 Å². The van der Waals surface area contributed by atoms with Crippen LogP contribution in [-0.4, -0.2) is 33.4 Å². The van der Waals surface area contributed by atoms with Crippen molar-refractivity contribution < 1.29 is 4.79 Å². The van der Waals surface area contributed by atoms with Gasteiger partial charge in [0.05, 0.1) is 17.9 Å². The van der Waals surface area contributed by atoms with Gasteiger partial charge in [0, 0.05) is 30.9 Å². The summed E-state index contributed by atoms with van der Waals surface area (Å²) >= 11 is 1.56. The van der Waals surface area contributed by atoms with E-state index >= 15 is 0 Å². The highest BCUT2D eigenvalue weighted by Gasteiger charge is 2.32. The average molecular weight is 233 g/mol. The van der Waals surface area contributed by atoms with E-state index in [9.17, 15) is 4.79 Å². The second-order valence-corrected chi connectivity index (χ2v) is 4.67. The topological polar surface area (TPSA) is 38.1 Å². The minimum Gasteiger partial charge on any atom is -0.334 e. The molecular weight excluding hydrogens is 222 g/mol. The molecule has 3 heterocycles. The normalized spacial score (nSPS) is 16.1. The monoisotopic (exact) mass is 233 g/mol. The molecule has 0 bridgehead atoms. The number of hydrogen-bond acceptors (Lipinski definition) is 3. The lowest BCUT2D eigenvalue weighted by atomic mass is 10.1. The number of hydrogen-bond donors (Lipinski definition) is 0. The van der Waals surface area contributed by atoms with Crippen LogP contribution in [-0.2, 0) is 0 Å². The van der Waals surface area contributed by atoms with Crippen molar-refractivity contribution in [2.45, 2.75) is 6.04 Å². The van der Waals surface area contributed by atoms with Crippen molar-refractivity contribution in [2.75, 3.05) is 13.1 Å². The molecule has 2 aromatic rings. The zero-order valence-corrected chi connectivity index (χ0v) is 9.43. The van der Waals surface area contributed by atoms with Crippen molar-refractivity contribution in [1.29, 1.82) is 0 Å². The number of amides is 1. The third kappa shape index (κ3) is 1.53. The molecule has 0 radical (unpaired) electrons. The Morgan fingerprint density at radius 1 is 1.50 bits per heavy atom. The first-order chi connectivity index (χ1) is 7.84. The van der Waals surface area contributed by atoms with Gasteiger partial charge in [-0.05, 0) is 11.4 Å². The minimum absolute atomic E-state index is 0.137. The highest BCUT2D eigenvalue weighted by molar-refractivity contribution is 7.08. The van der Waals surface area contributed by atoms with Gasteiger partial charge in [0.15, 0.2) is 0 Å². The molecule has 0 N–H and O–H groups in total. The Balaban J connectivity index is 1.64. The summed E-state index contributed by atoms with van der Waals surface area (Å²) in [4.78, 5) is 17.8. The molecule has 3 rings (SSSR count). The van der Waals surface area contributed by atoms with E-state index in [1.807, 2.05) is 27.9 Å². The molecule has 1 saturated heterocycles. The van der Waals surface area contributed by atoms with E-state index in [-0.39, 0.29) is 5.91 Å². The SMILES string of the molecule is O=C(c1ccsc1)N1CC(n2ccnc2)C1. The lowest BCUT2D eigenvalue weighted by molar-refractivity contribution is 0.0521. The third-order valence-corrected chi connectivity index (χ3v) is 3.55. The van der Waals surface area contributed by atoms with Crippen LogP contribution in [0.5, 0.6) is 0 Å². The number of thiophene rings is 1. The summed E-state index contributed by atoms with van der Waals surface area (Å²) in [6.45, 7) is 1.57. The number of carbonyl (C=O) groups is 1. The Hall–Kier alpha value is -1.62. The Bertz CT molecular complexity index is 471. The van der Waals surface area contributed by atoms with Crippen LogP contribution in [0.3, 0.4) is 0 Å². The van der Waals surface area contributed by atoms with Crippen LogP contribution < -0.4 is 0 Å². The van der Waals surface area contributed by atoms with Crippen molar-refractivity contribution in [2.24, 2.45) is 0 Å². The number of likely N-dealkylation sites (tertiary alicyclic amines) is 1. The second kappa shape index (κ2) is 3.75. The molecule has 4 nitrogen and oxygen atoms in total. The Kier molecular flexibility index (Phi) is 2.25. The van der Waals surface area contributed by atoms with E-state index < -0.39 is 0 Å². The smallest absolute Gasteiger partial charge is 0.254 e. The van der Waals surface area contributed by atoms with Crippen LogP contribution in [0.15, 0.2) is 35.5 Å². The van der Waals surface area contributed by atoms with Gasteiger partial charge < -0.3 is 9.47 Å². The number of rotatable bonds is 2. The number of aromatic nitrogens is 2. The van der Waals surface area contributed by atoms with Crippen molar-refractivity contribution in [3.8, 4) is 0 Å². The summed E-state index contributed by atoms with van der Waals surface area (Å²) in [6.07, 6.45) is 5.51. The molecule has 82 valence electrons. The highest BCUT2D eigenvalue weighted by atomic mass is 32.1. The second-order valence-electron chi connectivity index (χ2n) is 3.89. The molecule has 1 fully saturated rings. The van der Waals surface area contributed by atoms with Gasteiger partial charge >= 0.3 is 0 Å². The molecule has 0 atom stereocenters. The van der Waals surface area contributed by atoms with E-state index in [4.69, 9.17) is 0 Å². The van der Waals surface area contributed by atoms with Gasteiger partial charge in [0.2, 0.25) is 0 Å². The average Bonchev–Trinajstić information content (AvgIpc) is 2.88. The van der Waals surface area contributed by atoms with Crippen molar-refractivity contribution >= 4 is 17.2 Å². The van der Waals surface area contributed by atoms with Gasteiger partial charge in [-0.1, -0.05) is 0 Å². The van der Waals surface area contributed by atoms with Crippen molar-refractivity contribution in [1.82, 2.24) is 14.5 Å². The van der Waals surface area contributed by atoms with Crippen LogP contribution in [0.2, 0.25) is 0 Å². The molecule has 1 amide bonds. The highest BCUT2D eigenvalue weighted by Crippen LogP contribution is 2.23. The van der Waals surface area contributed by atoms with Crippen LogP contribution in [0.4, 0.5) is 0 Å². The lowest BCUT2D eigenvalue weighted by Gasteiger charge is -2.39. The number of imidazole rings is 1. The van der Waals surface area contributed by atoms with E-state index in [0.29, 0.717) is 6.04 Å². The molecule has 0 aliphatic carbocycles. The first kappa shape index (κ1) is 9.59. The number of nitrogens with zero attached hydrogens (tertiary/aromatic N) is 3. The molecular formula is C11H11N3OS. The maximum atomic E-state index is 11.9. The van der Waals surface area contributed by atoms with Crippen LogP contribution in [0.1, 0.15) is 16.4 Å². The molecule has 2 aromatic heterocycles. The van der Waals surface area contributed by atoms with Crippen LogP contribution in [0.25, 0.3) is 0 Å². The predicted molar refractivity (Wildman–Crippen MR) is 61.5 cm³/mol. The minimum atomic E-state index is 0.137. The Morgan fingerprint density at radius 2 is 2.38 bits per heavy atom. The molecule has 1 aliphatic rings. The molecule has 5 heteroatoms. The Morgan fingerprint density at radius 3 is 3.00 bits per heavy atom. The van der Waals surface area contributed by atoms with E-state index in [1.165, 1.54) is 0 Å². The van der Waals surface area contributed by atoms with E-state index in [0.717, 1.165) is 18.7 Å². The summed E-state index contributed by atoms with van der Waals surface area (Å²) in [5.74, 6) is 0.137. The summed E-state index contributed by atoms with van der Waals surface area (Å²) < 4.78 is 2.05. The summed E-state index contributed by atoms with van der Waals surface area (Å²) in [7, 11) is 0. The van der Waals surface area contributed by atoms with E-state index in [2.05, 4.69) is 9.55 Å². The molecule has 0 saturated carbocycles. The molecule has 0 unspecified atom stereocenters. The number of carbonyl (C=O) groups excluding carboxylic acids is 1. The van der Waals surface area contributed by atoms with Crippen LogP contribution in [0, 0.1) is 0 Å². The van der Waals surface area contributed by atoms with Crippen molar-refractivity contribution in [3.05, 3.63) is 41.1 Å². The molecule has 16 heavy (non-hydrogen) atoms. The zero-order chi connectivity index (χ0) is 11.0. The lowest BCUT2D eigenvalue weighted by Crippen LogP contribution is -2.50. The maximum Gasteiger partial charge on any atom is 0.254 e. The fourth-order valence-corrected chi connectivity index (χ4v) is 2.49. The van der Waals surface area contributed by atoms with E-state index in [1.54, 1.807) is 23.9 Å². The summed E-state index contributed by atoms with van der Waals surface area (Å²) in [5, 5.41) is 3.83. The van der Waals surface area contributed by atoms with Gasteiger partial charge in [-0.15, -0.1) is 0 Å². The predicted octanol–water partition coefficient (Wildman–Crippen LogP) is 1.64. The van der Waals surface area contributed by atoms with Gasteiger partial charge in [-0.3, -0.25) is 4.79 Å². The largest absolute Gasteiger partial charge is 0.334 e. The van der Waals surface area contributed by atoms with Gasteiger partial charge in [-0.25, -0.2) is 4.98 Å². The quantitative estimate of drug-likeness (QED) is 0.791. The molecule has 0 aromatic carbocycles. The van der Waals surface area contributed by atoms with Crippen molar-refractivity contribution in [3.63, 3.8) is 0 Å². The summed E-state index contributed by atoms with van der Waals surface area (Å²) in [6, 6.07) is 2.27. The fourth-order valence-electron chi connectivity index (χ4n) is 1.86. The summed E-state index contributed by atoms with van der Waals surface area (Å²) in [5.41, 5.74) is 0.800. The van der Waals surface area contributed by atoms with Gasteiger partial charge in [0.1, 0.15) is 0 Å². The first-order valence-corrected chi connectivity index (χ1v) is 6.08. The fraction of sp³-hybridized carbons (Fsp3) is 0.273. The third-order valence-electron chi connectivity index (χ3n) is 2.86. The maximum absolute atomic E-state index is 11.9. The Labute approximate surface area is 97.1 Å². The van der Waals surface area contributed by atoms with Gasteiger partial charge in [0.25, 0.3) is 5.91 Å². The van der Waals surface area contributed by atoms with Crippen LogP contribution >= 0.6 is 11.3 Å². The first-order valence-electron chi connectivity index (χ1n) is 5.13. The zero-order valence-electron chi connectivity index (χ0n) is 8.61. The molecule has 1 aliphatic heterocycles. The molecule has 0 spiro atoms. The standard InChI is InChI=1S/C11H11N3OS/c15-11(9-1-4-16-7-9)14-5-10(6-14)13-3-2-12-8-13/h1-4,7-8,10H,5-6H2.